The number of fused-ring (bicyclic) bond motifs is 3. The van der Waals surface area contributed by atoms with E-state index in [2.05, 4.69) is 35.9 Å². The van der Waals surface area contributed by atoms with Gasteiger partial charge in [0.2, 0.25) is 5.82 Å². The van der Waals surface area contributed by atoms with E-state index >= 15 is 0 Å². The predicted molar refractivity (Wildman–Crippen MR) is 110 cm³/mol. The number of pyridine rings is 1. The topological polar surface area (TPSA) is 131 Å². The summed E-state index contributed by atoms with van der Waals surface area (Å²) in [6.07, 6.45) is 4.72. The van der Waals surface area contributed by atoms with Gasteiger partial charge >= 0.3 is 0 Å². The maximum Gasteiger partial charge on any atom is 0.211 e. The predicted octanol–water partition coefficient (Wildman–Crippen LogP) is 1.39. The van der Waals surface area contributed by atoms with Crippen LogP contribution in [0.25, 0.3) is 0 Å². The van der Waals surface area contributed by atoms with Crippen molar-refractivity contribution in [2.24, 2.45) is 4.99 Å². The first-order valence-electron chi connectivity index (χ1n) is 9.56. The molecule has 2 N–H and O–H groups in total. The zero-order valence-electron chi connectivity index (χ0n) is 16.6. The highest BCUT2D eigenvalue weighted by molar-refractivity contribution is 6.11. The first kappa shape index (κ1) is 18.7. The highest BCUT2D eigenvalue weighted by atomic mass is 16.5. The zero-order valence-corrected chi connectivity index (χ0v) is 16.6. The number of hydrogen-bond donors (Lipinski definition) is 2. The highest BCUT2D eigenvalue weighted by Crippen LogP contribution is 2.43. The number of rotatable bonds is 6. The molecule has 0 saturated heterocycles. The highest BCUT2D eigenvalue weighted by Gasteiger charge is 2.33. The molecule has 156 valence electrons. The summed E-state index contributed by atoms with van der Waals surface area (Å²) in [5.41, 5.74) is 2.05. The number of carbonyl (C=O) groups is 1. The summed E-state index contributed by atoms with van der Waals surface area (Å²) < 4.78 is 11.5. The van der Waals surface area contributed by atoms with E-state index in [4.69, 9.17) is 9.47 Å². The molecule has 0 atom stereocenters. The average molecular weight is 418 g/mol. The third-order valence-electron chi connectivity index (χ3n) is 4.91. The van der Waals surface area contributed by atoms with Crippen molar-refractivity contribution in [1.82, 2.24) is 30.5 Å². The second-order valence-corrected chi connectivity index (χ2v) is 6.75. The Balaban J connectivity index is 1.51. The number of anilines is 1. The zero-order chi connectivity index (χ0) is 21.2. The van der Waals surface area contributed by atoms with Crippen LogP contribution in [0.3, 0.4) is 0 Å². The number of amidine groups is 1. The van der Waals surface area contributed by atoms with E-state index in [9.17, 15) is 4.79 Å². The van der Waals surface area contributed by atoms with Crippen molar-refractivity contribution >= 4 is 17.3 Å². The Hall–Kier alpha value is -4.28. The van der Waals surface area contributed by atoms with Crippen LogP contribution in [0.4, 0.5) is 5.69 Å². The number of H-pyrrole nitrogens is 1. The monoisotopic (exact) mass is 418 g/mol. The number of nitrogens with zero attached hydrogens (tertiary/aromatic N) is 6. The molecule has 0 saturated carbocycles. The molecule has 0 spiro atoms. The maximum absolute atomic E-state index is 12.8. The van der Waals surface area contributed by atoms with Crippen molar-refractivity contribution in [3.05, 3.63) is 65.5 Å². The fourth-order valence-electron chi connectivity index (χ4n) is 3.51. The van der Waals surface area contributed by atoms with Gasteiger partial charge in [-0.3, -0.25) is 14.8 Å². The summed E-state index contributed by atoms with van der Waals surface area (Å²) in [7, 11) is 1.56. The summed E-state index contributed by atoms with van der Waals surface area (Å²) in [6.45, 7) is 1.43. The maximum atomic E-state index is 12.8. The first-order chi connectivity index (χ1) is 15.2. The van der Waals surface area contributed by atoms with E-state index in [1.54, 1.807) is 37.7 Å². The normalized spacial score (nSPS) is 15.7. The van der Waals surface area contributed by atoms with Crippen LogP contribution in [0.1, 0.15) is 21.7 Å². The SMILES string of the molecule is COc1c(OCc2nn[nH]n2)ccc2c1NC(=CC(=O)c1cccnc1)N1CCN=C21. The van der Waals surface area contributed by atoms with Crippen LogP contribution in [0.15, 0.2) is 53.5 Å². The van der Waals surface area contributed by atoms with Crippen LogP contribution in [-0.2, 0) is 6.61 Å². The largest absolute Gasteiger partial charge is 0.491 e. The van der Waals surface area contributed by atoms with Crippen molar-refractivity contribution in [2.45, 2.75) is 6.61 Å². The lowest BCUT2D eigenvalue weighted by atomic mass is 10.1. The molecule has 2 aromatic heterocycles. The Morgan fingerprint density at radius 1 is 1.32 bits per heavy atom. The molecule has 11 nitrogen and oxygen atoms in total. The number of methoxy groups -OCH3 is 1. The van der Waals surface area contributed by atoms with Gasteiger partial charge in [0.1, 0.15) is 11.7 Å². The van der Waals surface area contributed by atoms with E-state index in [1.807, 2.05) is 17.0 Å². The van der Waals surface area contributed by atoms with Gasteiger partial charge in [-0.1, -0.05) is 5.21 Å². The van der Waals surface area contributed by atoms with Crippen molar-refractivity contribution in [3.8, 4) is 11.5 Å². The van der Waals surface area contributed by atoms with Gasteiger partial charge in [0.25, 0.3) is 0 Å². The average Bonchev–Trinajstić information content (AvgIpc) is 3.50. The lowest BCUT2D eigenvalue weighted by Crippen LogP contribution is -2.36. The van der Waals surface area contributed by atoms with Gasteiger partial charge in [0.15, 0.2) is 23.9 Å². The van der Waals surface area contributed by atoms with Gasteiger partial charge in [-0.05, 0) is 24.3 Å². The van der Waals surface area contributed by atoms with E-state index in [0.29, 0.717) is 47.5 Å². The number of aliphatic imine (C=N–C) groups is 1. The van der Waals surface area contributed by atoms with Crippen LogP contribution in [0.2, 0.25) is 0 Å². The molecule has 0 unspecified atom stereocenters. The van der Waals surface area contributed by atoms with Gasteiger partial charge in [-0.2, -0.15) is 5.21 Å². The quantitative estimate of drug-likeness (QED) is 0.450. The van der Waals surface area contributed by atoms with Crippen LogP contribution in [0.5, 0.6) is 11.5 Å². The van der Waals surface area contributed by atoms with Crippen molar-refractivity contribution < 1.29 is 14.3 Å². The van der Waals surface area contributed by atoms with Crippen LogP contribution in [0, 0.1) is 0 Å². The number of aromatic amines is 1. The summed E-state index contributed by atoms with van der Waals surface area (Å²) in [5, 5.41) is 17.0. The smallest absolute Gasteiger partial charge is 0.211 e. The van der Waals surface area contributed by atoms with Gasteiger partial charge in [0, 0.05) is 36.1 Å². The second kappa shape index (κ2) is 7.86. The van der Waals surface area contributed by atoms with E-state index in [-0.39, 0.29) is 12.4 Å². The van der Waals surface area contributed by atoms with Crippen molar-refractivity contribution in [3.63, 3.8) is 0 Å². The molecule has 11 heteroatoms. The number of aromatic nitrogens is 5. The van der Waals surface area contributed by atoms with Gasteiger partial charge in [-0.25, -0.2) is 0 Å². The molecule has 0 bridgehead atoms. The van der Waals surface area contributed by atoms with E-state index < -0.39 is 0 Å². The number of nitrogens with one attached hydrogen (secondary N) is 2. The number of hydrogen-bond acceptors (Lipinski definition) is 10. The number of benzene rings is 1. The number of allylic oxidation sites excluding steroid dienone is 1. The molecule has 0 aliphatic carbocycles. The number of tetrazole rings is 1. The Bertz CT molecular complexity index is 1170. The summed E-state index contributed by atoms with van der Waals surface area (Å²) in [6, 6.07) is 7.18. The second-order valence-electron chi connectivity index (χ2n) is 6.75. The molecule has 0 radical (unpaired) electrons. The first-order valence-corrected chi connectivity index (χ1v) is 9.56. The molecular weight excluding hydrogens is 400 g/mol. The minimum atomic E-state index is -0.159. The molecular formula is C20H18N8O3. The Morgan fingerprint density at radius 2 is 2.26 bits per heavy atom. The Labute approximate surface area is 176 Å². The van der Waals surface area contributed by atoms with Crippen LogP contribution < -0.4 is 14.8 Å². The number of ether oxygens (including phenoxy) is 2. The molecule has 4 heterocycles. The van der Waals surface area contributed by atoms with Gasteiger partial charge < -0.3 is 19.7 Å². The third kappa shape index (κ3) is 3.45. The van der Waals surface area contributed by atoms with E-state index in [1.165, 1.54) is 0 Å². The summed E-state index contributed by atoms with van der Waals surface area (Å²) in [4.78, 5) is 23.4. The third-order valence-corrected chi connectivity index (χ3v) is 4.91. The van der Waals surface area contributed by atoms with Gasteiger partial charge in [0.05, 0.1) is 19.3 Å². The van der Waals surface area contributed by atoms with Crippen LogP contribution >= 0.6 is 0 Å². The standard InChI is InChI=1S/C20H18N8O3/c1-30-19-15(31-11-16-24-26-27-25-16)5-4-13-18(19)23-17(28-8-7-22-20(13)28)9-14(29)12-3-2-6-21-10-12/h2-6,9-10,23H,7-8,11H2,1H3,(H,24,25,26,27). The minimum absolute atomic E-state index is 0.126. The Kier molecular flexibility index (Phi) is 4.75. The number of carbonyl (C=O) groups excluding carboxylic acids is 1. The lowest BCUT2D eigenvalue weighted by molar-refractivity contribution is 0.104. The van der Waals surface area contributed by atoms with Crippen molar-refractivity contribution in [2.75, 3.05) is 25.5 Å². The fraction of sp³-hybridized carbons (Fsp3) is 0.200. The van der Waals surface area contributed by atoms with Crippen molar-refractivity contribution in [1.29, 1.82) is 0 Å². The van der Waals surface area contributed by atoms with E-state index in [0.717, 1.165) is 11.4 Å². The summed E-state index contributed by atoms with van der Waals surface area (Å²) in [5.74, 6) is 2.65. The molecule has 3 aromatic rings. The molecule has 0 amide bonds. The minimum Gasteiger partial charge on any atom is -0.491 e. The molecule has 0 fully saturated rings. The Morgan fingerprint density at radius 3 is 3.03 bits per heavy atom. The summed E-state index contributed by atoms with van der Waals surface area (Å²) >= 11 is 0. The van der Waals surface area contributed by atoms with Gasteiger partial charge in [-0.15, -0.1) is 10.2 Å². The molecule has 2 aliphatic rings. The number of ketones is 1. The molecule has 2 aliphatic heterocycles. The molecule has 31 heavy (non-hydrogen) atoms. The molecule has 1 aromatic carbocycles. The van der Waals surface area contributed by atoms with Crippen LogP contribution in [-0.4, -0.2) is 62.3 Å². The fourth-order valence-corrected chi connectivity index (χ4v) is 3.51. The molecule has 5 rings (SSSR count). The lowest BCUT2D eigenvalue weighted by Gasteiger charge is -2.32.